The van der Waals surface area contributed by atoms with Crippen molar-refractivity contribution in [2.24, 2.45) is 0 Å². The van der Waals surface area contributed by atoms with Gasteiger partial charge >= 0.3 is 0 Å². The molecule has 0 aromatic heterocycles. The molecule has 1 fully saturated rings. The SMILES string of the molecule is CCOCCCC(=O)N1CCCC(=O)C1. The lowest BCUT2D eigenvalue weighted by Gasteiger charge is -2.25. The molecule has 0 N–H and O–H groups in total. The van der Waals surface area contributed by atoms with Crippen LogP contribution in [0.25, 0.3) is 0 Å². The Morgan fingerprint density at radius 3 is 3.00 bits per heavy atom. The Balaban J connectivity index is 2.18. The van der Waals surface area contributed by atoms with Gasteiger partial charge in [-0.3, -0.25) is 9.59 Å². The number of hydrogen-bond donors (Lipinski definition) is 0. The van der Waals surface area contributed by atoms with Crippen molar-refractivity contribution in [1.82, 2.24) is 4.90 Å². The third-order valence-electron chi connectivity index (χ3n) is 2.49. The average Bonchev–Trinajstić information content (AvgIpc) is 2.24. The van der Waals surface area contributed by atoms with Gasteiger partial charge < -0.3 is 9.64 Å². The monoisotopic (exact) mass is 213 g/mol. The highest BCUT2D eigenvalue weighted by Gasteiger charge is 2.20. The lowest BCUT2D eigenvalue weighted by atomic mass is 10.1. The van der Waals surface area contributed by atoms with Crippen molar-refractivity contribution < 1.29 is 14.3 Å². The molecule has 15 heavy (non-hydrogen) atoms. The molecule has 0 radical (unpaired) electrons. The average molecular weight is 213 g/mol. The summed E-state index contributed by atoms with van der Waals surface area (Å²) in [5, 5.41) is 0. The number of carbonyl (C=O) groups excluding carboxylic acids is 2. The number of Topliss-reactive ketones (excluding diaryl/α,β-unsaturated/α-hetero) is 1. The molecule has 1 rings (SSSR count). The maximum absolute atomic E-state index is 11.6. The first kappa shape index (κ1) is 12.2. The number of hydrogen-bond acceptors (Lipinski definition) is 3. The Morgan fingerprint density at radius 1 is 1.53 bits per heavy atom. The van der Waals surface area contributed by atoms with Gasteiger partial charge in [0.1, 0.15) is 0 Å². The molecule has 0 aromatic rings. The first-order valence-electron chi connectivity index (χ1n) is 5.61. The van der Waals surface area contributed by atoms with Crippen LogP contribution in [0, 0.1) is 0 Å². The van der Waals surface area contributed by atoms with Gasteiger partial charge in [0, 0.05) is 32.6 Å². The maximum Gasteiger partial charge on any atom is 0.223 e. The van der Waals surface area contributed by atoms with Gasteiger partial charge in [-0.2, -0.15) is 0 Å². The molecule has 0 atom stereocenters. The van der Waals surface area contributed by atoms with E-state index in [0.29, 0.717) is 32.6 Å². The van der Waals surface area contributed by atoms with Crippen molar-refractivity contribution in [2.45, 2.75) is 32.6 Å². The van der Waals surface area contributed by atoms with Crippen LogP contribution in [0.15, 0.2) is 0 Å². The molecule has 1 aliphatic heterocycles. The second-order valence-corrected chi connectivity index (χ2v) is 3.76. The van der Waals surface area contributed by atoms with Gasteiger partial charge in [-0.1, -0.05) is 0 Å². The molecular formula is C11H19NO3. The van der Waals surface area contributed by atoms with Crippen LogP contribution >= 0.6 is 0 Å². The van der Waals surface area contributed by atoms with Crippen molar-refractivity contribution in [3.05, 3.63) is 0 Å². The van der Waals surface area contributed by atoms with E-state index in [2.05, 4.69) is 0 Å². The van der Waals surface area contributed by atoms with E-state index in [4.69, 9.17) is 4.74 Å². The fourth-order valence-electron chi connectivity index (χ4n) is 1.68. The van der Waals surface area contributed by atoms with E-state index < -0.39 is 0 Å². The third-order valence-corrected chi connectivity index (χ3v) is 2.49. The smallest absolute Gasteiger partial charge is 0.223 e. The number of ketones is 1. The molecule has 4 heteroatoms. The summed E-state index contributed by atoms with van der Waals surface area (Å²) in [7, 11) is 0. The van der Waals surface area contributed by atoms with Gasteiger partial charge in [0.15, 0.2) is 5.78 Å². The van der Waals surface area contributed by atoms with E-state index in [1.54, 1.807) is 4.90 Å². The van der Waals surface area contributed by atoms with E-state index in [-0.39, 0.29) is 11.7 Å². The van der Waals surface area contributed by atoms with Gasteiger partial charge in [0.25, 0.3) is 0 Å². The molecule has 0 aromatic carbocycles. The molecule has 1 heterocycles. The summed E-state index contributed by atoms with van der Waals surface area (Å²) in [4.78, 5) is 24.4. The highest BCUT2D eigenvalue weighted by Crippen LogP contribution is 2.08. The maximum atomic E-state index is 11.6. The van der Waals surface area contributed by atoms with E-state index in [0.717, 1.165) is 19.4 Å². The molecule has 86 valence electrons. The molecule has 0 saturated carbocycles. The van der Waals surface area contributed by atoms with Gasteiger partial charge in [-0.05, 0) is 19.8 Å². The number of amides is 1. The van der Waals surface area contributed by atoms with E-state index in [9.17, 15) is 9.59 Å². The number of carbonyl (C=O) groups is 2. The zero-order valence-corrected chi connectivity index (χ0v) is 9.33. The molecule has 1 amide bonds. The number of ether oxygens (including phenoxy) is 1. The zero-order valence-electron chi connectivity index (χ0n) is 9.33. The van der Waals surface area contributed by atoms with E-state index in [1.807, 2.05) is 6.92 Å². The Bertz CT molecular complexity index is 228. The summed E-state index contributed by atoms with van der Waals surface area (Å²) >= 11 is 0. The van der Waals surface area contributed by atoms with Gasteiger partial charge in [0.05, 0.1) is 6.54 Å². The quantitative estimate of drug-likeness (QED) is 0.640. The normalized spacial score (nSPS) is 16.9. The fourth-order valence-corrected chi connectivity index (χ4v) is 1.68. The van der Waals surface area contributed by atoms with Crippen molar-refractivity contribution in [2.75, 3.05) is 26.3 Å². The van der Waals surface area contributed by atoms with Crippen LogP contribution < -0.4 is 0 Å². The first-order valence-corrected chi connectivity index (χ1v) is 5.61. The number of rotatable bonds is 5. The summed E-state index contributed by atoms with van der Waals surface area (Å²) in [5.74, 6) is 0.266. The first-order chi connectivity index (χ1) is 7.24. The number of nitrogens with zero attached hydrogens (tertiary/aromatic N) is 1. The predicted molar refractivity (Wildman–Crippen MR) is 56.5 cm³/mol. The second-order valence-electron chi connectivity index (χ2n) is 3.76. The van der Waals surface area contributed by atoms with Crippen molar-refractivity contribution >= 4 is 11.7 Å². The summed E-state index contributed by atoms with van der Waals surface area (Å²) in [5.41, 5.74) is 0. The van der Waals surface area contributed by atoms with Crippen LogP contribution in [0.5, 0.6) is 0 Å². The summed E-state index contributed by atoms with van der Waals surface area (Å²) < 4.78 is 5.15. The standard InChI is InChI=1S/C11H19NO3/c1-2-15-8-4-6-11(14)12-7-3-5-10(13)9-12/h2-9H2,1H3. The van der Waals surface area contributed by atoms with Crippen LogP contribution in [0.2, 0.25) is 0 Å². The molecule has 0 spiro atoms. The summed E-state index contributed by atoms with van der Waals surface area (Å²) in [6, 6.07) is 0. The van der Waals surface area contributed by atoms with Crippen molar-refractivity contribution in [3.63, 3.8) is 0 Å². The molecule has 1 aliphatic rings. The van der Waals surface area contributed by atoms with Crippen LogP contribution in [0.4, 0.5) is 0 Å². The molecule has 0 unspecified atom stereocenters. The Labute approximate surface area is 90.6 Å². The Kier molecular flexibility index (Phi) is 5.32. The second kappa shape index (κ2) is 6.56. The topological polar surface area (TPSA) is 46.6 Å². The molecule has 4 nitrogen and oxygen atoms in total. The summed E-state index contributed by atoms with van der Waals surface area (Å²) in [6.45, 7) is 4.30. The third kappa shape index (κ3) is 4.42. The van der Waals surface area contributed by atoms with Gasteiger partial charge in [0.2, 0.25) is 5.91 Å². The van der Waals surface area contributed by atoms with Crippen LogP contribution in [0.1, 0.15) is 32.6 Å². The van der Waals surface area contributed by atoms with E-state index in [1.165, 1.54) is 0 Å². The predicted octanol–water partition coefficient (Wildman–Crippen LogP) is 0.995. The highest BCUT2D eigenvalue weighted by atomic mass is 16.5. The number of likely N-dealkylation sites (tertiary alicyclic amines) is 1. The molecule has 0 aliphatic carbocycles. The molecule has 1 saturated heterocycles. The highest BCUT2D eigenvalue weighted by molar-refractivity contribution is 5.87. The van der Waals surface area contributed by atoms with Crippen LogP contribution in [-0.4, -0.2) is 42.9 Å². The minimum atomic E-state index is 0.0859. The lowest BCUT2D eigenvalue weighted by Crippen LogP contribution is -2.40. The zero-order chi connectivity index (χ0) is 11.1. The van der Waals surface area contributed by atoms with Crippen molar-refractivity contribution in [3.8, 4) is 0 Å². The van der Waals surface area contributed by atoms with Gasteiger partial charge in [-0.25, -0.2) is 0 Å². The fraction of sp³-hybridized carbons (Fsp3) is 0.818. The van der Waals surface area contributed by atoms with Crippen LogP contribution in [0.3, 0.4) is 0 Å². The summed E-state index contributed by atoms with van der Waals surface area (Å²) in [6.07, 6.45) is 2.68. The number of piperidine rings is 1. The largest absolute Gasteiger partial charge is 0.382 e. The Hall–Kier alpha value is -0.900. The van der Waals surface area contributed by atoms with Crippen molar-refractivity contribution in [1.29, 1.82) is 0 Å². The van der Waals surface area contributed by atoms with Crippen LogP contribution in [-0.2, 0) is 14.3 Å². The minimum absolute atomic E-state index is 0.0859. The van der Waals surface area contributed by atoms with Gasteiger partial charge in [-0.15, -0.1) is 0 Å². The molecular weight excluding hydrogens is 194 g/mol. The molecule has 0 bridgehead atoms. The Morgan fingerprint density at radius 2 is 2.33 bits per heavy atom. The minimum Gasteiger partial charge on any atom is -0.382 e. The van der Waals surface area contributed by atoms with E-state index >= 15 is 0 Å². The lowest BCUT2D eigenvalue weighted by molar-refractivity contribution is -0.137.